The molecule has 1 amide bonds. The van der Waals surface area contributed by atoms with Crippen LogP contribution in [0.4, 0.5) is 5.88 Å². The predicted molar refractivity (Wildman–Crippen MR) is 90.6 cm³/mol. The van der Waals surface area contributed by atoms with Gasteiger partial charge in [0.1, 0.15) is 0 Å². The molecule has 0 bridgehead atoms. The Morgan fingerprint density at radius 1 is 1.46 bits per heavy atom. The highest BCUT2D eigenvalue weighted by Gasteiger charge is 2.28. The van der Waals surface area contributed by atoms with Crippen LogP contribution < -0.4 is 5.32 Å². The summed E-state index contributed by atoms with van der Waals surface area (Å²) in [6, 6.07) is 10.3. The number of aryl methyl sites for hydroxylation is 2. The Bertz CT molecular complexity index is 698. The molecule has 1 aromatic heterocycles. The number of aliphatic hydroxyl groups is 1. The number of amides is 1. The number of aliphatic hydroxyl groups excluding tert-OH is 1. The largest absolute Gasteiger partial charge is 0.396 e. The summed E-state index contributed by atoms with van der Waals surface area (Å²) in [5.74, 6) is 0.236. The maximum absolute atomic E-state index is 12.4. The third-order valence-electron chi connectivity index (χ3n) is 4.38. The zero-order chi connectivity index (χ0) is 16.9. The number of benzene rings is 1. The number of hydrogen-bond acceptors (Lipinski definition) is 5. The molecule has 24 heavy (non-hydrogen) atoms. The first-order valence-electron chi connectivity index (χ1n) is 8.33. The molecule has 3 rings (SSSR count). The Morgan fingerprint density at radius 2 is 2.29 bits per heavy atom. The predicted octanol–water partition coefficient (Wildman–Crippen LogP) is 2.29. The molecule has 128 valence electrons. The van der Waals surface area contributed by atoms with Crippen molar-refractivity contribution >= 4 is 11.8 Å². The summed E-state index contributed by atoms with van der Waals surface area (Å²) in [4.78, 5) is 14.5. The van der Waals surface area contributed by atoms with Crippen molar-refractivity contribution < 1.29 is 14.4 Å². The second-order valence-corrected chi connectivity index (χ2v) is 6.18. The van der Waals surface area contributed by atoms with Crippen LogP contribution in [0.25, 0.3) is 0 Å². The Morgan fingerprint density at radius 3 is 3.04 bits per heavy atom. The van der Waals surface area contributed by atoms with Gasteiger partial charge in [-0.05, 0) is 37.3 Å². The van der Waals surface area contributed by atoms with Gasteiger partial charge in [-0.1, -0.05) is 29.4 Å². The van der Waals surface area contributed by atoms with E-state index in [1.165, 1.54) is 11.1 Å². The highest BCUT2D eigenvalue weighted by molar-refractivity contribution is 5.91. The minimum Gasteiger partial charge on any atom is -0.396 e. The van der Waals surface area contributed by atoms with Crippen molar-refractivity contribution in [1.29, 1.82) is 0 Å². The van der Waals surface area contributed by atoms with E-state index in [2.05, 4.69) is 33.6 Å². The van der Waals surface area contributed by atoms with E-state index < -0.39 is 0 Å². The van der Waals surface area contributed by atoms with Crippen LogP contribution in [0.1, 0.15) is 35.7 Å². The van der Waals surface area contributed by atoms with E-state index in [-0.39, 0.29) is 25.1 Å². The third kappa shape index (κ3) is 3.83. The van der Waals surface area contributed by atoms with Gasteiger partial charge in [0.05, 0.1) is 12.2 Å². The van der Waals surface area contributed by atoms with E-state index in [0.29, 0.717) is 18.8 Å². The highest BCUT2D eigenvalue weighted by atomic mass is 16.5. The molecule has 1 atom stereocenters. The van der Waals surface area contributed by atoms with E-state index in [0.717, 1.165) is 18.5 Å². The Hall–Kier alpha value is -2.18. The molecule has 1 unspecified atom stereocenters. The summed E-state index contributed by atoms with van der Waals surface area (Å²) in [6.07, 6.45) is 2.67. The van der Waals surface area contributed by atoms with E-state index in [1.54, 1.807) is 6.07 Å². The van der Waals surface area contributed by atoms with Gasteiger partial charge in [0.2, 0.25) is 11.8 Å². The second-order valence-electron chi connectivity index (χ2n) is 6.18. The second kappa shape index (κ2) is 7.59. The highest BCUT2D eigenvalue weighted by Crippen LogP contribution is 2.35. The van der Waals surface area contributed by atoms with Gasteiger partial charge in [-0.15, -0.1) is 0 Å². The molecule has 0 aliphatic heterocycles. The van der Waals surface area contributed by atoms with Gasteiger partial charge in [0.25, 0.3) is 0 Å². The Labute approximate surface area is 141 Å². The lowest BCUT2D eigenvalue weighted by atomic mass is 10.1. The van der Waals surface area contributed by atoms with Gasteiger partial charge in [-0.25, -0.2) is 0 Å². The van der Waals surface area contributed by atoms with Crippen molar-refractivity contribution in [3.63, 3.8) is 0 Å². The van der Waals surface area contributed by atoms with Crippen LogP contribution in [0, 0.1) is 6.92 Å². The average molecular weight is 329 g/mol. The summed E-state index contributed by atoms with van der Waals surface area (Å²) >= 11 is 0. The van der Waals surface area contributed by atoms with Crippen LogP contribution in [0.15, 0.2) is 34.9 Å². The smallest absolute Gasteiger partial charge is 0.240 e. The molecule has 0 saturated heterocycles. The quantitative estimate of drug-likeness (QED) is 0.815. The van der Waals surface area contributed by atoms with Crippen LogP contribution in [0.2, 0.25) is 0 Å². The molecule has 0 saturated carbocycles. The third-order valence-corrected chi connectivity index (χ3v) is 4.38. The molecule has 0 radical (unpaired) electrons. The van der Waals surface area contributed by atoms with E-state index in [1.807, 2.05) is 13.0 Å². The molecule has 2 N–H and O–H groups in total. The number of nitrogens with zero attached hydrogens (tertiary/aromatic N) is 2. The maximum atomic E-state index is 12.4. The first kappa shape index (κ1) is 16.7. The van der Waals surface area contributed by atoms with Crippen molar-refractivity contribution in [2.45, 2.75) is 32.2 Å². The van der Waals surface area contributed by atoms with Crippen molar-refractivity contribution in [1.82, 2.24) is 10.1 Å². The lowest BCUT2D eigenvalue weighted by Gasteiger charge is -2.28. The minimum atomic E-state index is -0.131. The number of aromatic nitrogens is 1. The summed E-state index contributed by atoms with van der Waals surface area (Å²) in [7, 11) is 0. The molecule has 1 aliphatic carbocycles. The van der Waals surface area contributed by atoms with Gasteiger partial charge < -0.3 is 9.63 Å². The summed E-state index contributed by atoms with van der Waals surface area (Å²) in [5.41, 5.74) is 3.37. The molecular formula is C18H23N3O3. The molecule has 0 spiro atoms. The van der Waals surface area contributed by atoms with Crippen LogP contribution >= 0.6 is 0 Å². The van der Waals surface area contributed by atoms with Crippen LogP contribution in [0.3, 0.4) is 0 Å². The minimum absolute atomic E-state index is 0.119. The van der Waals surface area contributed by atoms with E-state index in [4.69, 9.17) is 4.52 Å². The molecule has 1 aliphatic rings. The fourth-order valence-corrected chi connectivity index (χ4v) is 3.32. The van der Waals surface area contributed by atoms with Gasteiger partial charge in [0.15, 0.2) is 0 Å². The maximum Gasteiger partial charge on any atom is 0.240 e. The zero-order valence-corrected chi connectivity index (χ0v) is 13.9. The monoisotopic (exact) mass is 329 g/mol. The number of anilines is 1. The van der Waals surface area contributed by atoms with Gasteiger partial charge in [0, 0.05) is 25.3 Å². The van der Waals surface area contributed by atoms with Gasteiger partial charge in [-0.3, -0.25) is 15.0 Å². The number of hydrogen-bond donors (Lipinski definition) is 2. The fraction of sp³-hybridized carbons (Fsp3) is 0.444. The molecule has 0 fully saturated rings. The summed E-state index contributed by atoms with van der Waals surface area (Å²) < 4.78 is 5.04. The van der Waals surface area contributed by atoms with E-state index >= 15 is 0 Å². The molecular weight excluding hydrogens is 306 g/mol. The van der Waals surface area contributed by atoms with Crippen molar-refractivity contribution in [3.05, 3.63) is 47.2 Å². The Kier molecular flexibility index (Phi) is 5.27. The zero-order valence-electron chi connectivity index (χ0n) is 13.9. The molecule has 1 heterocycles. The number of rotatable bonds is 7. The van der Waals surface area contributed by atoms with E-state index in [9.17, 15) is 9.90 Å². The average Bonchev–Trinajstić information content (AvgIpc) is 3.17. The normalized spacial score (nSPS) is 16.4. The summed E-state index contributed by atoms with van der Waals surface area (Å²) in [6.45, 7) is 2.87. The Balaban J connectivity index is 1.69. The topological polar surface area (TPSA) is 78.6 Å². The molecule has 6 heteroatoms. The first-order valence-corrected chi connectivity index (χ1v) is 8.33. The van der Waals surface area contributed by atoms with Crippen LogP contribution in [-0.2, 0) is 11.2 Å². The van der Waals surface area contributed by atoms with Crippen molar-refractivity contribution in [2.24, 2.45) is 0 Å². The van der Waals surface area contributed by atoms with Crippen LogP contribution in [0.5, 0.6) is 0 Å². The molecule has 2 aromatic rings. The lowest BCUT2D eigenvalue weighted by Crippen LogP contribution is -2.36. The molecule has 6 nitrogen and oxygen atoms in total. The number of fused-ring (bicyclic) bond motifs is 1. The SMILES string of the molecule is Cc1cc(NC(=O)CN(CCCO)C2CCc3ccccc32)on1. The number of carbonyl (C=O) groups excluding carboxylic acids is 1. The number of nitrogens with one attached hydrogen (secondary N) is 1. The fourth-order valence-electron chi connectivity index (χ4n) is 3.32. The van der Waals surface area contributed by atoms with Gasteiger partial charge in [-0.2, -0.15) is 0 Å². The lowest BCUT2D eigenvalue weighted by molar-refractivity contribution is -0.118. The van der Waals surface area contributed by atoms with Crippen molar-refractivity contribution in [2.75, 3.05) is 25.0 Å². The first-order chi connectivity index (χ1) is 11.7. The van der Waals surface area contributed by atoms with Crippen LogP contribution in [-0.4, -0.2) is 40.8 Å². The standard InChI is InChI=1S/C18H23N3O3/c1-13-11-18(24-20-13)19-17(23)12-21(9-4-10-22)16-8-7-14-5-2-3-6-15(14)16/h2-3,5-6,11,16,22H,4,7-10,12H2,1H3,(H,19,23). The summed E-state index contributed by atoms with van der Waals surface area (Å²) in [5, 5.41) is 15.7. The van der Waals surface area contributed by atoms with Gasteiger partial charge >= 0.3 is 0 Å². The van der Waals surface area contributed by atoms with Crippen molar-refractivity contribution in [3.8, 4) is 0 Å². The number of carbonyl (C=O) groups is 1. The molecule has 1 aromatic carbocycles.